The Morgan fingerprint density at radius 2 is 1.86 bits per heavy atom. The van der Waals surface area contributed by atoms with Crippen LogP contribution in [-0.4, -0.2) is 66.2 Å². The number of carbonyl (C=O) groups excluding carboxylic acids is 2. The second-order valence-electron chi connectivity index (χ2n) is 8.11. The number of hydrogen-bond acceptors (Lipinski definition) is 4. The lowest BCUT2D eigenvalue weighted by Gasteiger charge is -2.53. The van der Waals surface area contributed by atoms with E-state index in [9.17, 15) is 9.59 Å². The van der Waals surface area contributed by atoms with E-state index >= 15 is 0 Å². The Hall–Kier alpha value is -1.30. The third-order valence-corrected chi connectivity index (χ3v) is 5.06. The quantitative estimate of drug-likeness (QED) is 0.730. The molecule has 0 unspecified atom stereocenters. The molecule has 2 amide bonds. The van der Waals surface area contributed by atoms with Gasteiger partial charge in [-0.15, -0.1) is 0 Å². The lowest BCUT2D eigenvalue weighted by molar-refractivity contribution is -0.136. The Labute approximate surface area is 132 Å². The molecular weight excluding hydrogens is 282 g/mol. The summed E-state index contributed by atoms with van der Waals surface area (Å²) in [5.74, 6) is 0.177. The zero-order chi connectivity index (χ0) is 16.1. The largest absolute Gasteiger partial charge is 0.444 e. The van der Waals surface area contributed by atoms with Crippen LogP contribution in [0, 0.1) is 5.41 Å². The second kappa shape index (κ2) is 5.11. The van der Waals surface area contributed by atoms with Gasteiger partial charge in [0.15, 0.2) is 0 Å². The standard InChI is InChI=1S/C16H27N3O3/c1-15(2,3)22-14(21)19-11-7-16(5-6-17-13(16)20)8-12(19)10-18(4)9-11/h11-12H,5-10H2,1-4H3,(H,17,20)/t11-,12+,16-. The summed E-state index contributed by atoms with van der Waals surface area (Å²) >= 11 is 0. The molecule has 3 atom stereocenters. The van der Waals surface area contributed by atoms with Crippen LogP contribution in [-0.2, 0) is 9.53 Å². The van der Waals surface area contributed by atoms with Crippen LogP contribution in [0.5, 0.6) is 0 Å². The molecule has 0 aliphatic carbocycles. The number of piperazine rings is 1. The first-order valence-corrected chi connectivity index (χ1v) is 8.18. The van der Waals surface area contributed by atoms with Crippen LogP contribution in [0.15, 0.2) is 0 Å². The van der Waals surface area contributed by atoms with Crippen LogP contribution in [0.25, 0.3) is 0 Å². The van der Waals surface area contributed by atoms with Crippen molar-refractivity contribution in [3.8, 4) is 0 Å². The summed E-state index contributed by atoms with van der Waals surface area (Å²) in [6, 6.07) is 0.132. The molecule has 0 aromatic heterocycles. The number of likely N-dealkylation sites (N-methyl/N-ethyl adjacent to an activating group) is 1. The number of fused-ring (bicyclic) bond motifs is 2. The maximum Gasteiger partial charge on any atom is 0.410 e. The van der Waals surface area contributed by atoms with Crippen molar-refractivity contribution in [3.63, 3.8) is 0 Å². The predicted molar refractivity (Wildman–Crippen MR) is 82.4 cm³/mol. The van der Waals surface area contributed by atoms with Gasteiger partial charge in [-0.2, -0.15) is 0 Å². The average molecular weight is 309 g/mol. The van der Waals surface area contributed by atoms with Crippen molar-refractivity contribution in [2.75, 3.05) is 26.7 Å². The lowest BCUT2D eigenvalue weighted by atomic mass is 9.70. The van der Waals surface area contributed by atoms with E-state index in [-0.39, 0.29) is 29.5 Å². The molecule has 0 saturated carbocycles. The summed E-state index contributed by atoms with van der Waals surface area (Å²) in [6.07, 6.45) is 2.16. The fourth-order valence-electron chi connectivity index (χ4n) is 4.30. The minimum absolute atomic E-state index is 0.0659. The van der Waals surface area contributed by atoms with Crippen LogP contribution in [0.4, 0.5) is 4.79 Å². The number of hydrogen-bond donors (Lipinski definition) is 1. The van der Waals surface area contributed by atoms with E-state index in [0.717, 1.165) is 38.9 Å². The highest BCUT2D eigenvalue weighted by molar-refractivity contribution is 5.85. The lowest BCUT2D eigenvalue weighted by Crippen LogP contribution is -2.66. The normalized spacial score (nSPS) is 35.6. The van der Waals surface area contributed by atoms with Crippen molar-refractivity contribution in [2.24, 2.45) is 5.41 Å². The molecule has 3 aliphatic heterocycles. The summed E-state index contributed by atoms with van der Waals surface area (Å²) < 4.78 is 5.59. The van der Waals surface area contributed by atoms with Gasteiger partial charge in [0.25, 0.3) is 0 Å². The van der Waals surface area contributed by atoms with E-state index in [1.54, 1.807) is 0 Å². The number of nitrogens with one attached hydrogen (secondary N) is 1. The molecule has 0 aromatic rings. The minimum Gasteiger partial charge on any atom is -0.444 e. The molecule has 6 heteroatoms. The van der Waals surface area contributed by atoms with Gasteiger partial charge in [0.05, 0.1) is 5.41 Å². The van der Waals surface area contributed by atoms with Crippen molar-refractivity contribution in [3.05, 3.63) is 0 Å². The SMILES string of the molecule is CN1C[C@@H]2C[C@@]3(CCNC3=O)C[C@H](C1)N2C(=O)OC(C)(C)C. The van der Waals surface area contributed by atoms with Gasteiger partial charge in [-0.3, -0.25) is 9.69 Å². The van der Waals surface area contributed by atoms with Crippen LogP contribution in [0.3, 0.4) is 0 Å². The Bertz CT molecular complexity index is 470. The molecule has 3 aliphatic rings. The van der Waals surface area contributed by atoms with Gasteiger partial charge < -0.3 is 15.0 Å². The first-order chi connectivity index (χ1) is 10.2. The fraction of sp³-hybridized carbons (Fsp3) is 0.875. The molecule has 2 bridgehead atoms. The van der Waals surface area contributed by atoms with E-state index in [1.807, 2.05) is 25.7 Å². The number of amides is 2. The Morgan fingerprint density at radius 1 is 1.27 bits per heavy atom. The van der Waals surface area contributed by atoms with E-state index in [4.69, 9.17) is 4.74 Å². The summed E-state index contributed by atoms with van der Waals surface area (Å²) in [5.41, 5.74) is -0.758. The van der Waals surface area contributed by atoms with E-state index < -0.39 is 5.60 Å². The first kappa shape index (κ1) is 15.6. The molecule has 6 nitrogen and oxygen atoms in total. The van der Waals surface area contributed by atoms with Crippen LogP contribution in [0.2, 0.25) is 0 Å². The number of rotatable bonds is 0. The Balaban J connectivity index is 1.82. The first-order valence-electron chi connectivity index (χ1n) is 8.18. The third-order valence-electron chi connectivity index (χ3n) is 5.06. The van der Waals surface area contributed by atoms with Crippen LogP contribution < -0.4 is 5.32 Å². The Kier molecular flexibility index (Phi) is 3.62. The molecule has 0 radical (unpaired) electrons. The molecule has 22 heavy (non-hydrogen) atoms. The zero-order valence-corrected chi connectivity index (χ0v) is 14.0. The van der Waals surface area contributed by atoms with Gasteiger partial charge in [0.2, 0.25) is 5.91 Å². The van der Waals surface area contributed by atoms with Crippen LogP contribution >= 0.6 is 0 Å². The monoisotopic (exact) mass is 309 g/mol. The summed E-state index contributed by atoms with van der Waals surface area (Å²) in [5, 5.41) is 2.98. The van der Waals surface area contributed by atoms with Gasteiger partial charge in [-0.05, 0) is 47.1 Å². The molecule has 1 N–H and O–H groups in total. The highest BCUT2D eigenvalue weighted by atomic mass is 16.6. The van der Waals surface area contributed by atoms with E-state index in [0.29, 0.717) is 0 Å². The van der Waals surface area contributed by atoms with E-state index in [2.05, 4.69) is 17.3 Å². The molecule has 3 rings (SSSR count). The molecular formula is C16H27N3O3. The molecule has 3 heterocycles. The molecule has 3 saturated heterocycles. The maximum absolute atomic E-state index is 12.6. The second-order valence-corrected chi connectivity index (χ2v) is 8.11. The smallest absolute Gasteiger partial charge is 0.410 e. The van der Waals surface area contributed by atoms with Crippen molar-refractivity contribution in [2.45, 2.75) is 57.7 Å². The fourth-order valence-corrected chi connectivity index (χ4v) is 4.30. The van der Waals surface area contributed by atoms with Gasteiger partial charge >= 0.3 is 6.09 Å². The molecule has 124 valence electrons. The van der Waals surface area contributed by atoms with Crippen molar-refractivity contribution in [1.82, 2.24) is 15.1 Å². The highest BCUT2D eigenvalue weighted by Gasteiger charge is 2.54. The molecule has 3 fully saturated rings. The van der Waals surface area contributed by atoms with Gasteiger partial charge in [0.1, 0.15) is 5.60 Å². The van der Waals surface area contributed by atoms with Crippen molar-refractivity contribution in [1.29, 1.82) is 0 Å². The van der Waals surface area contributed by atoms with Crippen LogP contribution in [0.1, 0.15) is 40.0 Å². The van der Waals surface area contributed by atoms with Crippen molar-refractivity contribution >= 4 is 12.0 Å². The maximum atomic E-state index is 12.6. The van der Waals surface area contributed by atoms with Crippen molar-refractivity contribution < 1.29 is 14.3 Å². The third kappa shape index (κ3) is 2.69. The average Bonchev–Trinajstić information content (AvgIpc) is 2.66. The highest BCUT2D eigenvalue weighted by Crippen LogP contribution is 2.45. The minimum atomic E-state index is -0.489. The van der Waals surface area contributed by atoms with Gasteiger partial charge in [-0.1, -0.05) is 0 Å². The molecule has 0 aromatic carbocycles. The summed E-state index contributed by atoms with van der Waals surface area (Å²) in [7, 11) is 2.08. The number of likely N-dealkylation sites (tertiary alicyclic amines) is 1. The number of nitrogens with zero attached hydrogens (tertiary/aromatic N) is 2. The number of ether oxygens (including phenoxy) is 1. The molecule has 1 spiro atoms. The Morgan fingerprint density at radius 3 is 2.32 bits per heavy atom. The topological polar surface area (TPSA) is 61.9 Å². The summed E-state index contributed by atoms with van der Waals surface area (Å²) in [4.78, 5) is 29.1. The predicted octanol–water partition coefficient (Wildman–Crippen LogP) is 1.21. The zero-order valence-electron chi connectivity index (χ0n) is 14.0. The summed E-state index contributed by atoms with van der Waals surface area (Å²) in [6.45, 7) is 8.06. The number of piperidine rings is 1. The van der Waals surface area contributed by atoms with Gasteiger partial charge in [-0.25, -0.2) is 4.79 Å². The number of carbonyl (C=O) groups is 2. The van der Waals surface area contributed by atoms with Gasteiger partial charge in [0, 0.05) is 31.7 Å². The van der Waals surface area contributed by atoms with E-state index in [1.165, 1.54) is 0 Å².